The minimum atomic E-state index is -3.98. The summed E-state index contributed by atoms with van der Waals surface area (Å²) in [6, 6.07) is 4.45. The van der Waals surface area contributed by atoms with Gasteiger partial charge in [-0.3, -0.25) is 4.79 Å². The molecule has 0 radical (unpaired) electrons. The van der Waals surface area contributed by atoms with Crippen molar-refractivity contribution in [2.24, 2.45) is 0 Å². The summed E-state index contributed by atoms with van der Waals surface area (Å²) in [6.45, 7) is 0.667. The van der Waals surface area contributed by atoms with Gasteiger partial charge in [-0.05, 0) is 25.0 Å². The number of carbonyl (C=O) groups excluding carboxylic acids is 1. The largest absolute Gasteiger partial charge is 0.339 e. The van der Waals surface area contributed by atoms with E-state index in [4.69, 9.17) is 0 Å². The van der Waals surface area contributed by atoms with E-state index in [1.54, 1.807) is 0 Å². The van der Waals surface area contributed by atoms with E-state index in [9.17, 15) is 26.0 Å². The molecule has 27 heavy (non-hydrogen) atoms. The molecule has 0 aliphatic carbocycles. The Bertz CT molecular complexity index is 927. The molecule has 150 valence electrons. The normalized spacial score (nSPS) is 22.9. The highest BCUT2D eigenvalue weighted by atomic mass is 32.2. The van der Waals surface area contributed by atoms with Gasteiger partial charge in [0.05, 0.1) is 6.26 Å². The first kappa shape index (κ1) is 20.2. The number of amides is 1. The van der Waals surface area contributed by atoms with Crippen molar-refractivity contribution >= 4 is 26.0 Å². The Morgan fingerprint density at radius 1 is 1.04 bits per heavy atom. The van der Waals surface area contributed by atoms with Gasteiger partial charge in [0.15, 0.2) is 0 Å². The number of hydrogen-bond acceptors (Lipinski definition) is 5. The van der Waals surface area contributed by atoms with Crippen molar-refractivity contribution < 1.29 is 26.0 Å². The maximum atomic E-state index is 13.9. The zero-order valence-electron chi connectivity index (χ0n) is 14.9. The Kier molecular flexibility index (Phi) is 5.57. The van der Waals surface area contributed by atoms with Gasteiger partial charge in [0.25, 0.3) is 0 Å². The van der Waals surface area contributed by atoms with Crippen LogP contribution in [0, 0.1) is 5.82 Å². The third-order valence-electron chi connectivity index (χ3n) is 4.92. The predicted molar refractivity (Wildman–Crippen MR) is 96.3 cm³/mol. The summed E-state index contributed by atoms with van der Waals surface area (Å²) in [5, 5.41) is 0. The second-order valence-corrected chi connectivity index (χ2v) is 10.5. The highest BCUT2D eigenvalue weighted by Gasteiger charge is 2.40. The lowest BCUT2D eigenvalue weighted by Gasteiger charge is -2.36. The molecule has 2 saturated heterocycles. The summed E-state index contributed by atoms with van der Waals surface area (Å²) in [5.41, 5.74) is 0. The molecule has 1 amide bonds. The Labute approximate surface area is 158 Å². The first-order chi connectivity index (χ1) is 12.6. The van der Waals surface area contributed by atoms with Crippen molar-refractivity contribution in [1.82, 2.24) is 13.5 Å². The maximum absolute atomic E-state index is 13.9. The Morgan fingerprint density at radius 2 is 1.67 bits per heavy atom. The van der Waals surface area contributed by atoms with E-state index in [0.717, 1.165) is 16.6 Å². The smallest absolute Gasteiger partial charge is 0.246 e. The van der Waals surface area contributed by atoms with E-state index >= 15 is 0 Å². The first-order valence-corrected chi connectivity index (χ1v) is 11.9. The van der Waals surface area contributed by atoms with Gasteiger partial charge in [0.2, 0.25) is 26.0 Å². The number of benzene rings is 1. The molecule has 0 N–H and O–H groups in total. The summed E-state index contributed by atoms with van der Waals surface area (Å²) >= 11 is 0. The Balaban J connectivity index is 1.69. The number of hydrogen-bond donors (Lipinski definition) is 0. The lowest BCUT2D eigenvalue weighted by atomic mass is 10.2. The van der Waals surface area contributed by atoms with Crippen LogP contribution in [-0.2, 0) is 24.8 Å². The molecule has 3 rings (SSSR count). The highest BCUT2D eigenvalue weighted by molar-refractivity contribution is 7.89. The Morgan fingerprint density at radius 3 is 2.26 bits per heavy atom. The van der Waals surface area contributed by atoms with Gasteiger partial charge < -0.3 is 4.90 Å². The van der Waals surface area contributed by atoms with Gasteiger partial charge in [-0.1, -0.05) is 12.1 Å². The number of rotatable bonds is 4. The van der Waals surface area contributed by atoms with Crippen molar-refractivity contribution in [3.05, 3.63) is 30.1 Å². The van der Waals surface area contributed by atoms with Gasteiger partial charge in [-0.25, -0.2) is 21.2 Å². The molecule has 1 aromatic rings. The lowest BCUT2D eigenvalue weighted by molar-refractivity contribution is -0.135. The summed E-state index contributed by atoms with van der Waals surface area (Å²) in [7, 11) is -7.45. The van der Waals surface area contributed by atoms with E-state index in [1.807, 2.05) is 0 Å². The van der Waals surface area contributed by atoms with Crippen LogP contribution in [0.3, 0.4) is 0 Å². The average Bonchev–Trinajstić information content (AvgIpc) is 3.11. The molecular weight excluding hydrogens is 397 g/mol. The SMILES string of the molecule is CS(=O)(=O)N1CCC[C@@H]1C(=O)N1CCN(S(=O)(=O)c2ccccc2F)CC1. The molecule has 2 fully saturated rings. The second-order valence-electron chi connectivity index (χ2n) is 6.69. The van der Waals surface area contributed by atoms with E-state index in [1.165, 1.54) is 27.4 Å². The molecule has 2 heterocycles. The monoisotopic (exact) mass is 419 g/mol. The fraction of sp³-hybridized carbons (Fsp3) is 0.562. The molecule has 0 unspecified atom stereocenters. The van der Waals surface area contributed by atoms with Crippen LogP contribution in [0.5, 0.6) is 0 Å². The van der Waals surface area contributed by atoms with Crippen molar-refractivity contribution in [3.8, 4) is 0 Å². The maximum Gasteiger partial charge on any atom is 0.246 e. The number of piperazine rings is 1. The average molecular weight is 420 g/mol. The van der Waals surface area contributed by atoms with Crippen LogP contribution < -0.4 is 0 Å². The third-order valence-corrected chi connectivity index (χ3v) is 8.14. The molecule has 1 aromatic carbocycles. The fourth-order valence-corrected chi connectivity index (χ4v) is 6.14. The molecule has 0 saturated carbocycles. The van der Waals surface area contributed by atoms with Crippen LogP contribution in [0.2, 0.25) is 0 Å². The topological polar surface area (TPSA) is 95.1 Å². The van der Waals surface area contributed by atoms with E-state index < -0.39 is 31.9 Å². The van der Waals surface area contributed by atoms with Crippen molar-refractivity contribution in [2.75, 3.05) is 39.0 Å². The summed E-state index contributed by atoms with van der Waals surface area (Å²) in [5.74, 6) is -1.12. The fourth-order valence-electron chi connectivity index (χ4n) is 3.54. The van der Waals surface area contributed by atoms with Gasteiger partial charge >= 0.3 is 0 Å². The zero-order valence-corrected chi connectivity index (χ0v) is 16.5. The first-order valence-electron chi connectivity index (χ1n) is 8.62. The molecular formula is C16H22FN3O5S2. The molecule has 2 aliphatic heterocycles. The molecule has 0 bridgehead atoms. The lowest BCUT2D eigenvalue weighted by Crippen LogP contribution is -2.55. The van der Waals surface area contributed by atoms with Crippen LogP contribution >= 0.6 is 0 Å². The molecule has 8 nitrogen and oxygen atoms in total. The minimum Gasteiger partial charge on any atom is -0.339 e. The number of nitrogens with zero attached hydrogens (tertiary/aromatic N) is 3. The third kappa shape index (κ3) is 4.00. The zero-order chi connectivity index (χ0) is 19.8. The molecule has 0 aromatic heterocycles. The molecule has 1 atom stereocenters. The van der Waals surface area contributed by atoms with Gasteiger partial charge in [-0.15, -0.1) is 0 Å². The van der Waals surface area contributed by atoms with Crippen LogP contribution in [0.1, 0.15) is 12.8 Å². The van der Waals surface area contributed by atoms with E-state index in [2.05, 4.69) is 0 Å². The van der Waals surface area contributed by atoms with Crippen LogP contribution in [0.4, 0.5) is 4.39 Å². The summed E-state index contributed by atoms with van der Waals surface area (Å²) in [6.07, 6.45) is 2.16. The van der Waals surface area contributed by atoms with Gasteiger partial charge in [-0.2, -0.15) is 8.61 Å². The molecule has 0 spiro atoms. The van der Waals surface area contributed by atoms with Gasteiger partial charge in [0, 0.05) is 32.7 Å². The second kappa shape index (κ2) is 7.46. The number of sulfonamides is 2. The summed E-state index contributed by atoms with van der Waals surface area (Å²) in [4.78, 5) is 13.8. The van der Waals surface area contributed by atoms with Crippen molar-refractivity contribution in [1.29, 1.82) is 0 Å². The Hall–Kier alpha value is -1.56. The molecule has 11 heteroatoms. The number of carbonyl (C=O) groups is 1. The van der Waals surface area contributed by atoms with Crippen LogP contribution in [0.15, 0.2) is 29.2 Å². The van der Waals surface area contributed by atoms with E-state index in [-0.39, 0.29) is 37.0 Å². The standard InChI is InChI=1S/C16H22FN3O5S2/c1-26(22,23)20-8-4-6-14(20)16(21)18-9-11-19(12-10-18)27(24,25)15-7-3-2-5-13(15)17/h2-3,5,7,14H,4,6,8-12H2,1H3/t14-/m1/s1. The van der Waals surface area contributed by atoms with Crippen molar-refractivity contribution in [2.45, 2.75) is 23.8 Å². The quantitative estimate of drug-likeness (QED) is 0.689. The molecule has 2 aliphatic rings. The minimum absolute atomic E-state index is 0.0357. The van der Waals surface area contributed by atoms with Gasteiger partial charge in [0.1, 0.15) is 16.8 Å². The van der Waals surface area contributed by atoms with Crippen LogP contribution in [0.25, 0.3) is 0 Å². The van der Waals surface area contributed by atoms with Crippen LogP contribution in [-0.4, -0.2) is 81.3 Å². The highest BCUT2D eigenvalue weighted by Crippen LogP contribution is 2.24. The van der Waals surface area contributed by atoms with Crippen molar-refractivity contribution in [3.63, 3.8) is 0 Å². The summed E-state index contributed by atoms with van der Waals surface area (Å²) < 4.78 is 65.1. The number of halogens is 1. The predicted octanol–water partition coefficient (Wildman–Crippen LogP) is 0.0826. The van der Waals surface area contributed by atoms with E-state index in [0.29, 0.717) is 19.4 Å².